The highest BCUT2D eigenvalue weighted by Crippen LogP contribution is 2.34. The van der Waals surface area contributed by atoms with Crippen LogP contribution in [0.1, 0.15) is 10.4 Å². The second kappa shape index (κ2) is 10.5. The normalized spacial score (nSPS) is 21.6. The number of hydrogen-bond acceptors (Lipinski definition) is 6. The van der Waals surface area contributed by atoms with E-state index in [-0.39, 0.29) is 12.0 Å². The largest absolute Gasteiger partial charge is 0.497 e. The molecule has 33 heavy (non-hydrogen) atoms. The molecule has 2 N–H and O–H groups in total. The number of ether oxygens (including phenoxy) is 2. The highest BCUT2D eigenvalue weighted by molar-refractivity contribution is 5.94. The fourth-order valence-electron chi connectivity index (χ4n) is 3.79. The predicted octanol–water partition coefficient (Wildman–Crippen LogP) is 2.92. The molecule has 0 saturated carbocycles. The molecule has 0 bridgehead atoms. The topological polar surface area (TPSA) is 101 Å². The van der Waals surface area contributed by atoms with Crippen LogP contribution in [0.3, 0.4) is 0 Å². The van der Waals surface area contributed by atoms with Gasteiger partial charge in [-0.2, -0.15) is 13.2 Å². The molecule has 2 saturated heterocycles. The summed E-state index contributed by atoms with van der Waals surface area (Å²) in [6.07, 6.45) is -3.17. The van der Waals surface area contributed by atoms with Gasteiger partial charge in [-0.3, -0.25) is 4.79 Å². The van der Waals surface area contributed by atoms with Crippen molar-refractivity contribution >= 4 is 17.7 Å². The van der Waals surface area contributed by atoms with Crippen molar-refractivity contribution in [2.45, 2.75) is 12.3 Å². The average molecular weight is 467 g/mol. The van der Waals surface area contributed by atoms with E-state index in [4.69, 9.17) is 19.4 Å². The monoisotopic (exact) mass is 467 g/mol. The van der Waals surface area contributed by atoms with Crippen LogP contribution in [0, 0.1) is 11.8 Å². The Balaban J connectivity index is 0.000000383. The third-order valence-electron chi connectivity index (χ3n) is 5.52. The summed E-state index contributed by atoms with van der Waals surface area (Å²) in [6.45, 7) is 2.95. The lowest BCUT2D eigenvalue weighted by Crippen LogP contribution is -2.32. The molecule has 8 nitrogen and oxygen atoms in total. The van der Waals surface area contributed by atoms with Crippen LogP contribution >= 0.6 is 0 Å². The Morgan fingerprint density at radius 3 is 2.48 bits per heavy atom. The first-order chi connectivity index (χ1) is 15.7. The van der Waals surface area contributed by atoms with Gasteiger partial charge in [0.05, 0.1) is 19.8 Å². The number of likely N-dealkylation sites (tertiary alicyclic amines) is 1. The molecule has 0 spiro atoms. The number of nitrogens with zero attached hydrogens (tertiary/aromatic N) is 2. The molecule has 3 heterocycles. The third-order valence-corrected chi connectivity index (χ3v) is 5.52. The van der Waals surface area contributed by atoms with Crippen LogP contribution in [0.2, 0.25) is 0 Å². The summed E-state index contributed by atoms with van der Waals surface area (Å²) in [5.74, 6) is -0.317. The zero-order chi connectivity index (χ0) is 24.0. The quantitative estimate of drug-likeness (QED) is 0.697. The van der Waals surface area contributed by atoms with Crippen LogP contribution in [0.5, 0.6) is 5.75 Å². The molecule has 2 aliphatic rings. The molecular weight excluding hydrogens is 443 g/mol. The van der Waals surface area contributed by atoms with E-state index in [1.807, 2.05) is 47.4 Å². The van der Waals surface area contributed by atoms with Gasteiger partial charge in [0, 0.05) is 43.2 Å². The number of hydrogen-bond donors (Lipinski definition) is 2. The Labute approximate surface area is 188 Å². The van der Waals surface area contributed by atoms with E-state index in [9.17, 15) is 18.0 Å². The number of methoxy groups -OCH3 is 1. The number of alkyl halides is 3. The molecule has 3 atom stereocenters. The Hall–Kier alpha value is -3.34. The van der Waals surface area contributed by atoms with Crippen LogP contribution in [-0.4, -0.2) is 72.5 Å². The predicted molar refractivity (Wildman–Crippen MR) is 112 cm³/mol. The summed E-state index contributed by atoms with van der Waals surface area (Å²) in [5.41, 5.74) is 0.689. The number of benzene rings is 1. The Kier molecular flexibility index (Phi) is 7.75. The highest BCUT2D eigenvalue weighted by atomic mass is 19.4. The number of carboxylic acid groups (broad SMARTS) is 1. The highest BCUT2D eigenvalue weighted by Gasteiger charge is 2.45. The maximum absolute atomic E-state index is 12.8. The zero-order valence-electron chi connectivity index (χ0n) is 17.8. The summed E-state index contributed by atoms with van der Waals surface area (Å²) < 4.78 is 42.8. The summed E-state index contributed by atoms with van der Waals surface area (Å²) in [4.78, 5) is 27.9. The Bertz CT molecular complexity index is 941. The van der Waals surface area contributed by atoms with Crippen molar-refractivity contribution in [3.8, 4) is 5.75 Å². The molecule has 1 amide bonds. The molecule has 178 valence electrons. The molecule has 2 fully saturated rings. The number of aromatic nitrogens is 1. The fraction of sp³-hybridized carbons (Fsp3) is 0.409. The van der Waals surface area contributed by atoms with Crippen molar-refractivity contribution in [2.24, 2.45) is 11.8 Å². The van der Waals surface area contributed by atoms with E-state index in [2.05, 4.69) is 10.3 Å². The Morgan fingerprint density at radius 1 is 1.21 bits per heavy atom. The Morgan fingerprint density at radius 2 is 1.91 bits per heavy atom. The number of rotatable bonds is 5. The number of carboxylic acids is 1. The maximum atomic E-state index is 12.8. The van der Waals surface area contributed by atoms with Crippen LogP contribution in [0.15, 0.2) is 48.7 Å². The molecule has 0 radical (unpaired) electrons. The van der Waals surface area contributed by atoms with Crippen molar-refractivity contribution in [1.29, 1.82) is 0 Å². The number of carbonyl (C=O) groups excluding carboxylic acids is 1. The van der Waals surface area contributed by atoms with E-state index >= 15 is 0 Å². The van der Waals surface area contributed by atoms with E-state index in [1.54, 1.807) is 13.3 Å². The van der Waals surface area contributed by atoms with Gasteiger partial charge in [-0.25, -0.2) is 9.78 Å². The van der Waals surface area contributed by atoms with E-state index in [1.165, 1.54) is 0 Å². The first kappa shape index (κ1) is 24.3. The van der Waals surface area contributed by atoms with Crippen LogP contribution in [-0.2, 0) is 9.53 Å². The lowest BCUT2D eigenvalue weighted by molar-refractivity contribution is -0.192. The van der Waals surface area contributed by atoms with E-state index < -0.39 is 12.1 Å². The van der Waals surface area contributed by atoms with Crippen molar-refractivity contribution in [3.05, 3.63) is 54.2 Å². The number of aliphatic carboxylic acids is 1. The van der Waals surface area contributed by atoms with Gasteiger partial charge in [0.2, 0.25) is 0 Å². The van der Waals surface area contributed by atoms with Crippen molar-refractivity contribution < 1.29 is 37.3 Å². The first-order valence-electron chi connectivity index (χ1n) is 10.2. The van der Waals surface area contributed by atoms with Crippen molar-refractivity contribution in [1.82, 2.24) is 9.88 Å². The molecular formula is C22H24F3N3O5. The lowest BCUT2D eigenvalue weighted by Gasteiger charge is -2.20. The van der Waals surface area contributed by atoms with Gasteiger partial charge < -0.3 is 24.8 Å². The zero-order valence-corrected chi connectivity index (χ0v) is 17.8. The van der Waals surface area contributed by atoms with E-state index in [0.717, 1.165) is 31.3 Å². The summed E-state index contributed by atoms with van der Waals surface area (Å²) in [7, 11) is 1.62. The van der Waals surface area contributed by atoms with Crippen LogP contribution < -0.4 is 10.1 Å². The van der Waals surface area contributed by atoms with Crippen molar-refractivity contribution in [3.63, 3.8) is 0 Å². The SMILES string of the molecule is COc1ccc(C(=O)N2C[C@@H]3[C@@H](CNc4ccccn4)CO[C@@H]3C2)cc1.O=C(O)C(F)(F)F. The molecule has 0 unspecified atom stereocenters. The van der Waals surface area contributed by atoms with Gasteiger partial charge in [-0.15, -0.1) is 0 Å². The standard InChI is InChI=1S/C20H23N3O3.C2HF3O2/c1-25-16-7-5-14(6-8-16)20(24)23-11-17-15(13-26-18(17)12-23)10-22-19-4-2-3-9-21-19;3-2(4,5)1(6)7/h2-9,15,17-18H,10-13H2,1H3,(H,21,22);(H,6,7)/t15-,17+,18+;/m0./s1. The van der Waals surface area contributed by atoms with Crippen LogP contribution in [0.25, 0.3) is 0 Å². The minimum Gasteiger partial charge on any atom is -0.497 e. The summed E-state index contributed by atoms with van der Waals surface area (Å²) in [6, 6.07) is 13.1. The second-order valence-electron chi connectivity index (χ2n) is 7.63. The van der Waals surface area contributed by atoms with Crippen molar-refractivity contribution in [2.75, 3.05) is 38.7 Å². The van der Waals surface area contributed by atoms with Gasteiger partial charge in [0.1, 0.15) is 11.6 Å². The number of halogens is 3. The molecule has 1 aromatic carbocycles. The molecule has 2 aliphatic heterocycles. The molecule has 4 rings (SSSR count). The molecule has 11 heteroatoms. The lowest BCUT2D eigenvalue weighted by atomic mass is 9.93. The smallest absolute Gasteiger partial charge is 0.490 e. The molecule has 1 aromatic heterocycles. The van der Waals surface area contributed by atoms with Gasteiger partial charge in [-0.05, 0) is 36.4 Å². The minimum absolute atomic E-state index is 0.0575. The summed E-state index contributed by atoms with van der Waals surface area (Å²) >= 11 is 0. The maximum Gasteiger partial charge on any atom is 0.490 e. The minimum atomic E-state index is -5.08. The first-order valence-corrected chi connectivity index (χ1v) is 10.2. The summed E-state index contributed by atoms with van der Waals surface area (Å²) in [5, 5.41) is 10.5. The van der Waals surface area contributed by atoms with E-state index in [0.29, 0.717) is 23.9 Å². The molecule has 2 aromatic rings. The number of carbonyl (C=O) groups is 2. The van der Waals surface area contributed by atoms with Gasteiger partial charge in [0.25, 0.3) is 5.91 Å². The third kappa shape index (κ3) is 6.35. The molecule has 0 aliphatic carbocycles. The number of anilines is 1. The second-order valence-corrected chi connectivity index (χ2v) is 7.63. The van der Waals surface area contributed by atoms with Crippen LogP contribution in [0.4, 0.5) is 19.0 Å². The number of pyridine rings is 1. The van der Waals surface area contributed by atoms with Gasteiger partial charge in [0.15, 0.2) is 0 Å². The fourth-order valence-corrected chi connectivity index (χ4v) is 3.79. The average Bonchev–Trinajstić information content (AvgIpc) is 3.39. The number of amides is 1. The van der Waals surface area contributed by atoms with Gasteiger partial charge in [-0.1, -0.05) is 6.07 Å². The number of nitrogens with one attached hydrogen (secondary N) is 1. The van der Waals surface area contributed by atoms with Gasteiger partial charge >= 0.3 is 12.1 Å². The number of fused-ring (bicyclic) bond motifs is 1.